The molecule has 0 bridgehead atoms. The zero-order chi connectivity index (χ0) is 16.3. The maximum atomic E-state index is 13.6. The van der Waals surface area contributed by atoms with E-state index >= 15 is 0 Å². The van der Waals surface area contributed by atoms with Gasteiger partial charge in [0.2, 0.25) is 0 Å². The summed E-state index contributed by atoms with van der Waals surface area (Å²) in [5.74, 6) is -3.25. The molecule has 0 aromatic heterocycles. The molecule has 0 aliphatic carbocycles. The second-order valence-electron chi connectivity index (χ2n) is 4.19. The molecule has 116 valence electrons. The lowest BCUT2D eigenvalue weighted by Gasteiger charge is -2.12. The molecule has 1 N–H and O–H groups in total. The summed E-state index contributed by atoms with van der Waals surface area (Å²) in [6.07, 6.45) is 0. The summed E-state index contributed by atoms with van der Waals surface area (Å²) >= 11 is 0. The molecule has 0 spiro atoms. The van der Waals surface area contributed by atoms with Crippen molar-refractivity contribution in [3.05, 3.63) is 59.7 Å². The number of esters is 1. The van der Waals surface area contributed by atoms with Gasteiger partial charge in [-0.05, 0) is 24.3 Å². The van der Waals surface area contributed by atoms with Gasteiger partial charge in [0.05, 0.1) is 18.4 Å². The van der Waals surface area contributed by atoms with Crippen LogP contribution in [0.4, 0.5) is 14.5 Å². The van der Waals surface area contributed by atoms with Gasteiger partial charge in [-0.2, -0.15) is 0 Å². The van der Waals surface area contributed by atoms with Gasteiger partial charge in [0.15, 0.2) is 4.90 Å². The third-order valence-corrected chi connectivity index (χ3v) is 4.18. The number of nitrogens with one attached hydrogen (secondary N) is 1. The minimum absolute atomic E-state index is 0.0784. The molecule has 0 radical (unpaired) electrons. The normalized spacial score (nSPS) is 11.0. The monoisotopic (exact) mass is 327 g/mol. The van der Waals surface area contributed by atoms with Crippen molar-refractivity contribution in [3.63, 3.8) is 0 Å². The van der Waals surface area contributed by atoms with E-state index in [1.54, 1.807) is 0 Å². The molecule has 2 aromatic carbocycles. The maximum Gasteiger partial charge on any atom is 0.339 e. The van der Waals surface area contributed by atoms with E-state index < -0.39 is 32.5 Å². The Morgan fingerprint density at radius 2 is 1.64 bits per heavy atom. The first-order valence-electron chi connectivity index (χ1n) is 6.01. The first-order chi connectivity index (χ1) is 10.4. The minimum Gasteiger partial charge on any atom is -0.465 e. The highest BCUT2D eigenvalue weighted by Gasteiger charge is 2.25. The summed E-state index contributed by atoms with van der Waals surface area (Å²) in [7, 11) is -3.42. The van der Waals surface area contributed by atoms with Crippen LogP contribution >= 0.6 is 0 Å². The molecular formula is C14H11F2NO4S. The lowest BCUT2D eigenvalue weighted by Crippen LogP contribution is -2.18. The number of carbonyl (C=O) groups excluding carboxylic acids is 1. The number of hydrogen-bond donors (Lipinski definition) is 1. The largest absolute Gasteiger partial charge is 0.465 e. The van der Waals surface area contributed by atoms with Crippen molar-refractivity contribution in [2.24, 2.45) is 0 Å². The summed E-state index contributed by atoms with van der Waals surface area (Å²) in [6, 6.07) is 8.25. The quantitative estimate of drug-likeness (QED) is 0.876. The van der Waals surface area contributed by atoms with E-state index in [-0.39, 0.29) is 11.3 Å². The Balaban J connectivity index is 2.49. The highest BCUT2D eigenvalue weighted by molar-refractivity contribution is 7.92. The zero-order valence-corrected chi connectivity index (χ0v) is 12.2. The molecule has 0 aliphatic heterocycles. The van der Waals surface area contributed by atoms with Crippen LogP contribution in [0.2, 0.25) is 0 Å². The molecule has 2 rings (SSSR count). The fourth-order valence-corrected chi connectivity index (χ4v) is 3.01. The fraction of sp³-hybridized carbons (Fsp3) is 0.0714. The van der Waals surface area contributed by atoms with Crippen LogP contribution in [0, 0.1) is 11.6 Å². The molecule has 0 fully saturated rings. The Morgan fingerprint density at radius 3 is 2.23 bits per heavy atom. The van der Waals surface area contributed by atoms with Crippen molar-refractivity contribution in [1.29, 1.82) is 0 Å². The summed E-state index contributed by atoms with van der Waals surface area (Å²) in [5.41, 5.74) is -0.220. The van der Waals surface area contributed by atoms with Crippen molar-refractivity contribution in [3.8, 4) is 0 Å². The van der Waals surface area contributed by atoms with Gasteiger partial charge in [-0.15, -0.1) is 0 Å². The third-order valence-electron chi connectivity index (χ3n) is 2.76. The smallest absolute Gasteiger partial charge is 0.339 e. The number of anilines is 1. The molecule has 0 aliphatic rings. The molecule has 2 aromatic rings. The predicted molar refractivity (Wildman–Crippen MR) is 74.9 cm³/mol. The van der Waals surface area contributed by atoms with Gasteiger partial charge >= 0.3 is 5.97 Å². The average molecular weight is 327 g/mol. The zero-order valence-electron chi connectivity index (χ0n) is 11.3. The third kappa shape index (κ3) is 3.06. The van der Waals surface area contributed by atoms with Gasteiger partial charge in [-0.1, -0.05) is 18.2 Å². The van der Waals surface area contributed by atoms with Crippen LogP contribution < -0.4 is 4.72 Å². The summed E-state index contributed by atoms with van der Waals surface area (Å²) in [5, 5.41) is 0. The van der Waals surface area contributed by atoms with Gasteiger partial charge in [-0.25, -0.2) is 22.0 Å². The lowest BCUT2D eigenvalue weighted by molar-refractivity contribution is 0.0602. The van der Waals surface area contributed by atoms with Crippen molar-refractivity contribution in [2.45, 2.75) is 4.90 Å². The van der Waals surface area contributed by atoms with Crippen molar-refractivity contribution in [1.82, 2.24) is 0 Å². The van der Waals surface area contributed by atoms with Crippen LogP contribution in [0.25, 0.3) is 0 Å². The van der Waals surface area contributed by atoms with E-state index in [1.807, 2.05) is 4.72 Å². The number of rotatable bonds is 4. The highest BCUT2D eigenvalue weighted by Crippen LogP contribution is 2.24. The van der Waals surface area contributed by atoms with Crippen molar-refractivity contribution >= 4 is 21.7 Å². The van der Waals surface area contributed by atoms with Crippen LogP contribution in [0.5, 0.6) is 0 Å². The molecule has 0 amide bonds. The molecule has 0 unspecified atom stereocenters. The van der Waals surface area contributed by atoms with Gasteiger partial charge < -0.3 is 4.74 Å². The van der Waals surface area contributed by atoms with E-state index in [0.29, 0.717) is 0 Å². The van der Waals surface area contributed by atoms with Gasteiger partial charge in [-0.3, -0.25) is 4.72 Å². The summed E-state index contributed by atoms with van der Waals surface area (Å²) < 4.78 is 58.1. The minimum atomic E-state index is -4.55. The van der Waals surface area contributed by atoms with E-state index in [0.717, 1.165) is 25.3 Å². The fourth-order valence-electron chi connectivity index (χ4n) is 1.80. The Morgan fingerprint density at radius 1 is 1.05 bits per heavy atom. The molecule has 0 heterocycles. The Labute approximate surface area is 125 Å². The Kier molecular flexibility index (Phi) is 4.41. The van der Waals surface area contributed by atoms with E-state index in [1.165, 1.54) is 24.3 Å². The number of para-hydroxylation sites is 1. The van der Waals surface area contributed by atoms with Crippen LogP contribution in [0.15, 0.2) is 47.4 Å². The van der Waals surface area contributed by atoms with Crippen LogP contribution in [-0.4, -0.2) is 21.5 Å². The second-order valence-corrected chi connectivity index (χ2v) is 5.81. The number of methoxy groups -OCH3 is 1. The Bertz CT molecular complexity index is 801. The Hall–Kier alpha value is -2.48. The standard InChI is InChI=1S/C14H11F2NO4S/c1-21-14(18)9-5-2-3-8-12(9)17-22(19,20)13-10(15)6-4-7-11(13)16/h2-8,17H,1H3. The lowest BCUT2D eigenvalue weighted by atomic mass is 10.2. The number of carbonyl (C=O) groups is 1. The first-order valence-corrected chi connectivity index (χ1v) is 7.49. The number of benzene rings is 2. The molecule has 0 atom stereocenters. The van der Waals surface area contributed by atoms with Gasteiger partial charge in [0, 0.05) is 0 Å². The second kappa shape index (κ2) is 6.10. The molecule has 8 heteroatoms. The predicted octanol–water partition coefficient (Wildman–Crippen LogP) is 2.55. The van der Waals surface area contributed by atoms with Gasteiger partial charge in [0.1, 0.15) is 11.6 Å². The highest BCUT2D eigenvalue weighted by atomic mass is 32.2. The molecule has 22 heavy (non-hydrogen) atoms. The van der Waals surface area contributed by atoms with E-state index in [2.05, 4.69) is 4.74 Å². The topological polar surface area (TPSA) is 72.5 Å². The first kappa shape index (κ1) is 15.9. The molecule has 0 saturated heterocycles. The maximum absolute atomic E-state index is 13.6. The van der Waals surface area contributed by atoms with Gasteiger partial charge in [0.25, 0.3) is 10.0 Å². The summed E-state index contributed by atoms with van der Waals surface area (Å²) in [6.45, 7) is 0. The number of sulfonamides is 1. The van der Waals surface area contributed by atoms with Crippen molar-refractivity contribution in [2.75, 3.05) is 11.8 Å². The van der Waals surface area contributed by atoms with E-state index in [9.17, 15) is 22.0 Å². The SMILES string of the molecule is COC(=O)c1ccccc1NS(=O)(=O)c1c(F)cccc1F. The van der Waals surface area contributed by atoms with Crippen LogP contribution in [0.3, 0.4) is 0 Å². The molecular weight excluding hydrogens is 316 g/mol. The number of halogens is 2. The van der Waals surface area contributed by atoms with Crippen LogP contribution in [0.1, 0.15) is 10.4 Å². The summed E-state index contributed by atoms with van der Waals surface area (Å²) in [4.78, 5) is 10.5. The van der Waals surface area contributed by atoms with Crippen molar-refractivity contribution < 1.29 is 26.7 Å². The molecule has 5 nitrogen and oxygen atoms in total. The van der Waals surface area contributed by atoms with Crippen LogP contribution in [-0.2, 0) is 14.8 Å². The molecule has 0 saturated carbocycles. The van der Waals surface area contributed by atoms with E-state index in [4.69, 9.17) is 0 Å². The average Bonchev–Trinajstić information content (AvgIpc) is 2.46. The number of hydrogen-bond acceptors (Lipinski definition) is 4. The number of ether oxygens (including phenoxy) is 1.